The molecule has 2 amide bonds. The van der Waals surface area contributed by atoms with Crippen molar-refractivity contribution in [2.75, 3.05) is 13.2 Å². The Morgan fingerprint density at radius 1 is 0.893 bits per heavy atom. The average molecular weight is 382 g/mol. The van der Waals surface area contributed by atoms with Crippen LogP contribution in [0.4, 0.5) is 0 Å². The van der Waals surface area contributed by atoms with Gasteiger partial charge in [0.1, 0.15) is 23.7 Å². The number of para-hydroxylation sites is 1. The maximum Gasteiger partial charge on any atom is 0.251 e. The number of ether oxygens (including phenoxy) is 3. The van der Waals surface area contributed by atoms with Gasteiger partial charge in [-0.2, -0.15) is 0 Å². The molecule has 2 aromatic rings. The SMILES string of the molecule is CC(=O)N[C@H]1CO[C@H]2[C@@H]1OC[C@@H]2NC(=O)c1cccc(Oc2ccccc2)c1. The summed E-state index contributed by atoms with van der Waals surface area (Å²) < 4.78 is 17.3. The summed E-state index contributed by atoms with van der Waals surface area (Å²) in [7, 11) is 0. The summed E-state index contributed by atoms with van der Waals surface area (Å²) in [5.41, 5.74) is 0.494. The van der Waals surface area contributed by atoms with E-state index in [0.29, 0.717) is 30.3 Å². The fourth-order valence-corrected chi connectivity index (χ4v) is 3.58. The van der Waals surface area contributed by atoms with E-state index in [2.05, 4.69) is 10.6 Å². The van der Waals surface area contributed by atoms with Crippen LogP contribution in [0.25, 0.3) is 0 Å². The smallest absolute Gasteiger partial charge is 0.251 e. The third-order valence-corrected chi connectivity index (χ3v) is 4.83. The molecule has 0 radical (unpaired) electrons. The predicted octanol–water partition coefficient (Wildman–Crippen LogP) is 1.88. The molecule has 0 saturated carbocycles. The highest BCUT2D eigenvalue weighted by Crippen LogP contribution is 2.28. The Balaban J connectivity index is 1.39. The first-order valence-electron chi connectivity index (χ1n) is 9.24. The van der Waals surface area contributed by atoms with Crippen LogP contribution in [-0.4, -0.2) is 49.3 Å². The number of rotatable bonds is 5. The van der Waals surface area contributed by atoms with Gasteiger partial charge in [0.25, 0.3) is 5.91 Å². The van der Waals surface area contributed by atoms with Crippen LogP contribution in [0.2, 0.25) is 0 Å². The number of hydrogen-bond donors (Lipinski definition) is 2. The number of fused-ring (bicyclic) bond motifs is 1. The second-order valence-electron chi connectivity index (χ2n) is 6.93. The minimum absolute atomic E-state index is 0.124. The van der Waals surface area contributed by atoms with E-state index < -0.39 is 0 Å². The highest BCUT2D eigenvalue weighted by molar-refractivity contribution is 5.94. The summed E-state index contributed by atoms with van der Waals surface area (Å²) in [5.74, 6) is 0.942. The molecule has 146 valence electrons. The molecule has 7 nitrogen and oxygen atoms in total. The lowest BCUT2D eigenvalue weighted by Gasteiger charge is -2.18. The Labute approximate surface area is 163 Å². The van der Waals surface area contributed by atoms with Crippen LogP contribution >= 0.6 is 0 Å². The first-order chi connectivity index (χ1) is 13.6. The predicted molar refractivity (Wildman–Crippen MR) is 101 cm³/mol. The number of hydrogen-bond acceptors (Lipinski definition) is 5. The van der Waals surface area contributed by atoms with Gasteiger partial charge >= 0.3 is 0 Å². The van der Waals surface area contributed by atoms with Gasteiger partial charge < -0.3 is 24.8 Å². The highest BCUT2D eigenvalue weighted by atomic mass is 16.6. The van der Waals surface area contributed by atoms with Crippen LogP contribution in [-0.2, 0) is 14.3 Å². The molecule has 2 aliphatic heterocycles. The Morgan fingerprint density at radius 3 is 2.21 bits per heavy atom. The summed E-state index contributed by atoms with van der Waals surface area (Å²) in [6, 6.07) is 15.9. The molecule has 4 rings (SSSR count). The zero-order chi connectivity index (χ0) is 19.5. The van der Waals surface area contributed by atoms with E-state index in [1.807, 2.05) is 30.3 Å². The first-order valence-corrected chi connectivity index (χ1v) is 9.24. The highest BCUT2D eigenvalue weighted by Gasteiger charge is 2.48. The third kappa shape index (κ3) is 4.00. The standard InChI is InChI=1S/C21H22N2O5/c1-13(24)22-17-11-26-20-18(12-27-19(17)20)23-21(25)14-6-5-9-16(10-14)28-15-7-3-2-4-8-15/h2-10,17-20H,11-12H2,1H3,(H,22,24)(H,23,25)/t17-,18-,19+,20+/m0/s1. The maximum absolute atomic E-state index is 12.7. The fraction of sp³-hybridized carbons (Fsp3) is 0.333. The van der Waals surface area contributed by atoms with Crippen LogP contribution in [0.15, 0.2) is 54.6 Å². The number of nitrogens with one attached hydrogen (secondary N) is 2. The molecule has 2 aromatic carbocycles. The van der Waals surface area contributed by atoms with E-state index in [4.69, 9.17) is 14.2 Å². The summed E-state index contributed by atoms with van der Waals surface area (Å²) in [6.45, 7) is 2.19. The van der Waals surface area contributed by atoms with E-state index in [1.54, 1.807) is 24.3 Å². The van der Waals surface area contributed by atoms with Crippen molar-refractivity contribution in [1.29, 1.82) is 0 Å². The van der Waals surface area contributed by atoms with Crippen LogP contribution in [0.3, 0.4) is 0 Å². The van der Waals surface area contributed by atoms with Gasteiger partial charge in [0.2, 0.25) is 5.91 Å². The van der Waals surface area contributed by atoms with Crippen molar-refractivity contribution in [1.82, 2.24) is 10.6 Å². The maximum atomic E-state index is 12.7. The number of carbonyl (C=O) groups excluding carboxylic acids is 2. The van der Waals surface area contributed by atoms with E-state index in [1.165, 1.54) is 6.92 Å². The van der Waals surface area contributed by atoms with Gasteiger partial charge in [-0.3, -0.25) is 9.59 Å². The Hall–Kier alpha value is -2.90. The third-order valence-electron chi connectivity index (χ3n) is 4.83. The van der Waals surface area contributed by atoms with Crippen LogP contribution < -0.4 is 15.4 Å². The van der Waals surface area contributed by atoms with Crippen LogP contribution in [0, 0.1) is 0 Å². The molecule has 2 aliphatic rings. The average Bonchev–Trinajstić information content (AvgIpc) is 3.26. The van der Waals surface area contributed by atoms with E-state index >= 15 is 0 Å². The van der Waals surface area contributed by atoms with Gasteiger partial charge in [0.05, 0.1) is 25.3 Å². The quantitative estimate of drug-likeness (QED) is 0.825. The summed E-state index contributed by atoms with van der Waals surface area (Å²) in [4.78, 5) is 24.0. The van der Waals surface area contributed by atoms with Gasteiger partial charge in [0.15, 0.2) is 0 Å². The van der Waals surface area contributed by atoms with E-state index in [0.717, 1.165) is 0 Å². The van der Waals surface area contributed by atoms with Crippen LogP contribution in [0.5, 0.6) is 11.5 Å². The first kappa shape index (κ1) is 18.5. The molecule has 7 heteroatoms. The Bertz CT molecular complexity index is 857. The topological polar surface area (TPSA) is 85.9 Å². The van der Waals surface area contributed by atoms with Crippen molar-refractivity contribution in [2.24, 2.45) is 0 Å². The Kier molecular flexibility index (Phi) is 5.27. The zero-order valence-corrected chi connectivity index (χ0v) is 15.5. The zero-order valence-electron chi connectivity index (χ0n) is 15.5. The van der Waals surface area contributed by atoms with Gasteiger partial charge in [-0.05, 0) is 30.3 Å². The number of benzene rings is 2. The lowest BCUT2D eigenvalue weighted by Crippen LogP contribution is -2.46. The molecule has 2 fully saturated rings. The minimum Gasteiger partial charge on any atom is -0.457 e. The summed E-state index contributed by atoms with van der Waals surface area (Å²) in [5, 5.41) is 5.81. The Morgan fingerprint density at radius 2 is 1.54 bits per heavy atom. The summed E-state index contributed by atoms with van der Waals surface area (Å²) >= 11 is 0. The number of carbonyl (C=O) groups is 2. The molecule has 0 spiro atoms. The van der Waals surface area contributed by atoms with Crippen molar-refractivity contribution in [3.63, 3.8) is 0 Å². The van der Waals surface area contributed by atoms with Gasteiger partial charge in [-0.1, -0.05) is 24.3 Å². The van der Waals surface area contributed by atoms with Crippen molar-refractivity contribution in [2.45, 2.75) is 31.2 Å². The van der Waals surface area contributed by atoms with E-state index in [-0.39, 0.29) is 36.1 Å². The molecule has 0 aromatic heterocycles. The van der Waals surface area contributed by atoms with Crippen LogP contribution in [0.1, 0.15) is 17.3 Å². The largest absolute Gasteiger partial charge is 0.457 e. The van der Waals surface area contributed by atoms with Gasteiger partial charge in [0, 0.05) is 12.5 Å². The van der Waals surface area contributed by atoms with Gasteiger partial charge in [-0.15, -0.1) is 0 Å². The second kappa shape index (κ2) is 8.00. The fourth-order valence-electron chi connectivity index (χ4n) is 3.58. The summed E-state index contributed by atoms with van der Waals surface area (Å²) in [6.07, 6.45) is -0.522. The van der Waals surface area contributed by atoms with Crippen molar-refractivity contribution < 1.29 is 23.8 Å². The molecule has 2 N–H and O–H groups in total. The van der Waals surface area contributed by atoms with Crippen molar-refractivity contribution in [3.8, 4) is 11.5 Å². The molecular weight excluding hydrogens is 360 g/mol. The molecule has 2 saturated heterocycles. The molecule has 0 aliphatic carbocycles. The minimum atomic E-state index is -0.274. The monoisotopic (exact) mass is 382 g/mol. The normalized spacial score (nSPS) is 25.8. The van der Waals surface area contributed by atoms with Gasteiger partial charge in [-0.25, -0.2) is 0 Å². The van der Waals surface area contributed by atoms with E-state index in [9.17, 15) is 9.59 Å². The lowest BCUT2D eigenvalue weighted by molar-refractivity contribution is -0.120. The lowest BCUT2D eigenvalue weighted by atomic mass is 10.1. The van der Waals surface area contributed by atoms with Crippen molar-refractivity contribution >= 4 is 11.8 Å². The molecule has 28 heavy (non-hydrogen) atoms. The molecular formula is C21H22N2O5. The van der Waals surface area contributed by atoms with Crippen molar-refractivity contribution in [3.05, 3.63) is 60.2 Å². The number of amides is 2. The molecule has 4 atom stereocenters. The molecule has 2 heterocycles. The molecule has 0 bridgehead atoms. The second-order valence-corrected chi connectivity index (χ2v) is 6.93. The molecule has 0 unspecified atom stereocenters.